The Balaban J connectivity index is 2.75. The molecule has 1 N–H and O–H groups in total. The van der Waals surface area contributed by atoms with Crippen LogP contribution in [0.1, 0.15) is 23.8 Å². The van der Waals surface area contributed by atoms with E-state index in [0.717, 1.165) is 0 Å². The molecule has 0 saturated carbocycles. The summed E-state index contributed by atoms with van der Waals surface area (Å²) in [5.74, 6) is -2.03. The highest BCUT2D eigenvalue weighted by Gasteiger charge is 2.42. The standard InChI is InChI=1S/C11H14F3N3O3/c1-3-20-9(18)6-8(11(12,13)14)15-10(19)7-4-5-17(2)16-7/h4-5,8H,3,6H2,1-2H3,(H,15,19). The fourth-order valence-electron chi connectivity index (χ4n) is 1.40. The maximum absolute atomic E-state index is 12.8. The Morgan fingerprint density at radius 2 is 2.15 bits per heavy atom. The van der Waals surface area contributed by atoms with Crippen molar-refractivity contribution in [3.8, 4) is 0 Å². The van der Waals surface area contributed by atoms with Crippen molar-refractivity contribution in [2.24, 2.45) is 7.05 Å². The van der Waals surface area contributed by atoms with Gasteiger partial charge in [-0.05, 0) is 13.0 Å². The largest absolute Gasteiger partial charge is 0.466 e. The Labute approximate surface area is 112 Å². The molecule has 1 rings (SSSR count). The number of alkyl halides is 3. The van der Waals surface area contributed by atoms with Crippen molar-refractivity contribution in [2.75, 3.05) is 6.61 Å². The number of aromatic nitrogens is 2. The van der Waals surface area contributed by atoms with Gasteiger partial charge in [-0.15, -0.1) is 0 Å². The van der Waals surface area contributed by atoms with Gasteiger partial charge in [0.25, 0.3) is 5.91 Å². The number of halogens is 3. The third kappa shape index (κ3) is 4.56. The zero-order valence-corrected chi connectivity index (χ0v) is 10.9. The van der Waals surface area contributed by atoms with Gasteiger partial charge in [0, 0.05) is 13.2 Å². The average Bonchev–Trinajstić information content (AvgIpc) is 2.74. The Kier molecular flexibility index (Phi) is 5.12. The molecule has 0 aliphatic carbocycles. The molecule has 1 amide bonds. The lowest BCUT2D eigenvalue weighted by atomic mass is 10.2. The van der Waals surface area contributed by atoms with Gasteiger partial charge in [0.2, 0.25) is 0 Å². The highest BCUT2D eigenvalue weighted by atomic mass is 19.4. The fourth-order valence-corrected chi connectivity index (χ4v) is 1.40. The smallest absolute Gasteiger partial charge is 0.409 e. The van der Waals surface area contributed by atoms with E-state index < -0.39 is 30.5 Å². The number of esters is 1. The quantitative estimate of drug-likeness (QED) is 0.823. The Bertz CT molecular complexity index is 485. The Hall–Kier alpha value is -2.06. The Morgan fingerprint density at radius 3 is 2.60 bits per heavy atom. The van der Waals surface area contributed by atoms with Crippen LogP contribution in [0.5, 0.6) is 0 Å². The zero-order chi connectivity index (χ0) is 15.3. The average molecular weight is 293 g/mol. The first-order chi connectivity index (χ1) is 9.24. The van der Waals surface area contributed by atoms with E-state index in [4.69, 9.17) is 0 Å². The highest BCUT2D eigenvalue weighted by molar-refractivity contribution is 5.92. The first kappa shape index (κ1) is 16.0. The second-order valence-electron chi connectivity index (χ2n) is 3.95. The van der Waals surface area contributed by atoms with E-state index in [9.17, 15) is 22.8 Å². The third-order valence-electron chi connectivity index (χ3n) is 2.32. The van der Waals surface area contributed by atoms with Gasteiger partial charge in [-0.2, -0.15) is 18.3 Å². The minimum absolute atomic E-state index is 0.0302. The number of hydrogen-bond acceptors (Lipinski definition) is 4. The predicted molar refractivity (Wildman–Crippen MR) is 61.8 cm³/mol. The number of ether oxygens (including phenoxy) is 1. The summed E-state index contributed by atoms with van der Waals surface area (Å²) in [6, 6.07) is -1.04. The van der Waals surface area contributed by atoms with E-state index in [0.29, 0.717) is 0 Å². The van der Waals surface area contributed by atoms with Crippen molar-refractivity contribution in [1.29, 1.82) is 0 Å². The number of carbonyl (C=O) groups is 2. The molecule has 1 unspecified atom stereocenters. The molecular formula is C11H14F3N3O3. The molecule has 0 spiro atoms. The van der Waals surface area contributed by atoms with Gasteiger partial charge < -0.3 is 10.1 Å². The van der Waals surface area contributed by atoms with Crippen molar-refractivity contribution in [3.05, 3.63) is 18.0 Å². The molecule has 0 saturated heterocycles. The number of nitrogens with zero attached hydrogens (tertiary/aromatic N) is 2. The van der Waals surface area contributed by atoms with Gasteiger partial charge in [0.05, 0.1) is 13.0 Å². The van der Waals surface area contributed by atoms with Crippen LogP contribution in [0.3, 0.4) is 0 Å². The van der Waals surface area contributed by atoms with E-state index in [-0.39, 0.29) is 12.3 Å². The van der Waals surface area contributed by atoms with E-state index >= 15 is 0 Å². The van der Waals surface area contributed by atoms with Crippen LogP contribution in [0.25, 0.3) is 0 Å². The van der Waals surface area contributed by atoms with Crippen molar-refractivity contribution >= 4 is 11.9 Å². The lowest BCUT2D eigenvalue weighted by Crippen LogP contribution is -2.47. The van der Waals surface area contributed by atoms with Crippen LogP contribution in [-0.2, 0) is 16.6 Å². The molecule has 1 aromatic rings. The molecule has 0 radical (unpaired) electrons. The van der Waals surface area contributed by atoms with E-state index in [2.05, 4.69) is 9.84 Å². The lowest BCUT2D eigenvalue weighted by Gasteiger charge is -2.20. The van der Waals surface area contributed by atoms with Crippen molar-refractivity contribution in [2.45, 2.75) is 25.6 Å². The van der Waals surface area contributed by atoms with Gasteiger partial charge in [0.15, 0.2) is 0 Å². The molecule has 0 aliphatic heterocycles. The fraction of sp³-hybridized carbons (Fsp3) is 0.545. The van der Waals surface area contributed by atoms with Gasteiger partial charge in [-0.25, -0.2) is 0 Å². The predicted octanol–water partition coefficient (Wildman–Crippen LogP) is 1.03. The lowest BCUT2D eigenvalue weighted by molar-refractivity contribution is -0.167. The van der Waals surface area contributed by atoms with Gasteiger partial charge in [-0.3, -0.25) is 14.3 Å². The van der Waals surface area contributed by atoms with Crippen LogP contribution in [0.15, 0.2) is 12.3 Å². The van der Waals surface area contributed by atoms with Crippen molar-refractivity contribution in [1.82, 2.24) is 15.1 Å². The van der Waals surface area contributed by atoms with Crippen molar-refractivity contribution < 1.29 is 27.5 Å². The molecule has 1 heterocycles. The molecular weight excluding hydrogens is 279 g/mol. The molecule has 1 aromatic heterocycles. The maximum atomic E-state index is 12.8. The molecule has 0 aliphatic rings. The number of carbonyl (C=O) groups excluding carboxylic acids is 2. The monoisotopic (exact) mass is 293 g/mol. The summed E-state index contributed by atoms with van der Waals surface area (Å²) in [6.45, 7) is 1.45. The van der Waals surface area contributed by atoms with Crippen LogP contribution < -0.4 is 5.32 Å². The van der Waals surface area contributed by atoms with Crippen LogP contribution in [0, 0.1) is 0 Å². The summed E-state index contributed by atoms with van der Waals surface area (Å²) in [5.41, 5.74) is -0.161. The minimum atomic E-state index is -4.75. The van der Waals surface area contributed by atoms with Crippen molar-refractivity contribution in [3.63, 3.8) is 0 Å². The molecule has 9 heteroatoms. The molecule has 0 aromatic carbocycles. The van der Waals surface area contributed by atoms with E-state index in [1.165, 1.54) is 30.9 Å². The number of aryl methyl sites for hydroxylation is 1. The summed E-state index contributed by atoms with van der Waals surface area (Å²) in [7, 11) is 1.52. The second-order valence-corrected chi connectivity index (χ2v) is 3.95. The molecule has 112 valence electrons. The highest BCUT2D eigenvalue weighted by Crippen LogP contribution is 2.23. The summed E-state index contributed by atoms with van der Waals surface area (Å²) < 4.78 is 44.0. The van der Waals surface area contributed by atoms with E-state index in [1.807, 2.05) is 0 Å². The third-order valence-corrected chi connectivity index (χ3v) is 2.32. The first-order valence-electron chi connectivity index (χ1n) is 5.77. The number of hydrogen-bond donors (Lipinski definition) is 1. The maximum Gasteiger partial charge on any atom is 0.409 e. The summed E-state index contributed by atoms with van der Waals surface area (Å²) >= 11 is 0. The molecule has 20 heavy (non-hydrogen) atoms. The summed E-state index contributed by atoms with van der Waals surface area (Å²) in [5, 5.41) is 5.42. The minimum Gasteiger partial charge on any atom is -0.466 e. The number of amides is 1. The van der Waals surface area contributed by atoms with Crippen LogP contribution >= 0.6 is 0 Å². The number of nitrogens with one attached hydrogen (secondary N) is 1. The normalized spacial score (nSPS) is 12.8. The zero-order valence-electron chi connectivity index (χ0n) is 10.9. The van der Waals surface area contributed by atoms with Crippen LogP contribution in [0.4, 0.5) is 13.2 Å². The van der Waals surface area contributed by atoms with Crippen LogP contribution in [0.2, 0.25) is 0 Å². The van der Waals surface area contributed by atoms with Gasteiger partial charge >= 0.3 is 12.1 Å². The first-order valence-corrected chi connectivity index (χ1v) is 5.77. The molecule has 0 fully saturated rings. The summed E-state index contributed by atoms with van der Waals surface area (Å²) in [4.78, 5) is 22.7. The van der Waals surface area contributed by atoms with Crippen LogP contribution in [-0.4, -0.2) is 40.5 Å². The topological polar surface area (TPSA) is 73.2 Å². The number of rotatable bonds is 5. The van der Waals surface area contributed by atoms with E-state index in [1.54, 1.807) is 5.32 Å². The molecule has 1 atom stereocenters. The summed E-state index contributed by atoms with van der Waals surface area (Å²) in [6.07, 6.45) is -4.31. The molecule has 6 nitrogen and oxygen atoms in total. The van der Waals surface area contributed by atoms with Gasteiger partial charge in [0.1, 0.15) is 11.7 Å². The second kappa shape index (κ2) is 6.40. The molecule has 0 bridgehead atoms. The Morgan fingerprint density at radius 1 is 1.50 bits per heavy atom. The SMILES string of the molecule is CCOC(=O)CC(NC(=O)c1ccn(C)n1)C(F)(F)F. The van der Waals surface area contributed by atoms with Gasteiger partial charge in [-0.1, -0.05) is 0 Å².